The van der Waals surface area contributed by atoms with Crippen LogP contribution in [0.2, 0.25) is 0 Å². The topological polar surface area (TPSA) is 52.5 Å². The van der Waals surface area contributed by atoms with Gasteiger partial charge in [-0.25, -0.2) is 0 Å². The molecule has 0 amide bonds. The number of aliphatic hydroxyl groups is 2. The van der Waals surface area contributed by atoms with Gasteiger partial charge in [-0.1, -0.05) is 0 Å². The summed E-state index contributed by atoms with van der Waals surface area (Å²) >= 11 is 0. The lowest BCUT2D eigenvalue weighted by Crippen LogP contribution is -2.35. The van der Waals surface area contributed by atoms with Gasteiger partial charge in [0.2, 0.25) is 0 Å². The SMILES string of the molecule is CC(O)C(O)CNC1CC1. The quantitative estimate of drug-likeness (QED) is 0.499. The average molecular weight is 145 g/mol. The number of aliphatic hydroxyl groups excluding tert-OH is 2. The Labute approximate surface area is 61.1 Å². The van der Waals surface area contributed by atoms with Crippen molar-refractivity contribution in [3.63, 3.8) is 0 Å². The van der Waals surface area contributed by atoms with E-state index < -0.39 is 12.2 Å². The van der Waals surface area contributed by atoms with Crippen molar-refractivity contribution < 1.29 is 10.2 Å². The molecule has 0 aliphatic heterocycles. The summed E-state index contributed by atoms with van der Waals surface area (Å²) in [6.07, 6.45) is 1.20. The molecule has 3 heteroatoms. The van der Waals surface area contributed by atoms with Crippen molar-refractivity contribution in [3.8, 4) is 0 Å². The molecule has 0 bridgehead atoms. The highest BCUT2D eigenvalue weighted by molar-refractivity contribution is 4.82. The van der Waals surface area contributed by atoms with Crippen LogP contribution in [0, 0.1) is 0 Å². The first-order valence-electron chi connectivity index (χ1n) is 3.79. The molecule has 0 aromatic rings. The van der Waals surface area contributed by atoms with Gasteiger partial charge in [0.15, 0.2) is 0 Å². The van der Waals surface area contributed by atoms with E-state index in [1.54, 1.807) is 6.92 Å². The van der Waals surface area contributed by atoms with Crippen molar-refractivity contribution >= 4 is 0 Å². The normalized spacial score (nSPS) is 24.3. The lowest BCUT2D eigenvalue weighted by molar-refractivity contribution is 0.0318. The monoisotopic (exact) mass is 145 g/mol. The highest BCUT2D eigenvalue weighted by Gasteiger charge is 2.22. The van der Waals surface area contributed by atoms with Crippen molar-refractivity contribution in [1.82, 2.24) is 5.32 Å². The Bertz CT molecular complexity index is 102. The van der Waals surface area contributed by atoms with Crippen molar-refractivity contribution in [2.24, 2.45) is 0 Å². The van der Waals surface area contributed by atoms with Gasteiger partial charge in [0, 0.05) is 12.6 Å². The first-order chi connectivity index (χ1) is 4.70. The summed E-state index contributed by atoms with van der Waals surface area (Å²) in [7, 11) is 0. The first kappa shape index (κ1) is 7.98. The predicted octanol–water partition coefficient (Wildman–Crippen LogP) is -0.520. The Kier molecular flexibility index (Phi) is 2.65. The van der Waals surface area contributed by atoms with E-state index in [1.165, 1.54) is 12.8 Å². The highest BCUT2D eigenvalue weighted by atomic mass is 16.3. The fourth-order valence-corrected chi connectivity index (χ4v) is 0.745. The molecule has 60 valence electrons. The molecule has 1 aliphatic carbocycles. The lowest BCUT2D eigenvalue weighted by Gasteiger charge is -2.13. The second-order valence-electron chi connectivity index (χ2n) is 2.99. The van der Waals surface area contributed by atoms with E-state index in [4.69, 9.17) is 10.2 Å². The van der Waals surface area contributed by atoms with E-state index in [9.17, 15) is 0 Å². The molecule has 1 rings (SSSR count). The van der Waals surface area contributed by atoms with Crippen molar-refractivity contribution in [2.45, 2.75) is 38.0 Å². The van der Waals surface area contributed by atoms with E-state index in [0.29, 0.717) is 12.6 Å². The predicted molar refractivity (Wildman–Crippen MR) is 38.7 cm³/mol. The van der Waals surface area contributed by atoms with Crippen molar-refractivity contribution in [1.29, 1.82) is 0 Å². The zero-order valence-corrected chi connectivity index (χ0v) is 6.25. The largest absolute Gasteiger partial charge is 0.391 e. The van der Waals surface area contributed by atoms with Crippen LogP contribution in [0.25, 0.3) is 0 Å². The fourth-order valence-electron chi connectivity index (χ4n) is 0.745. The van der Waals surface area contributed by atoms with Gasteiger partial charge in [-0.15, -0.1) is 0 Å². The second kappa shape index (κ2) is 3.32. The Morgan fingerprint density at radius 2 is 2.10 bits per heavy atom. The lowest BCUT2D eigenvalue weighted by atomic mass is 10.2. The van der Waals surface area contributed by atoms with Gasteiger partial charge in [-0.3, -0.25) is 0 Å². The first-order valence-corrected chi connectivity index (χ1v) is 3.79. The minimum atomic E-state index is -0.619. The third-order valence-corrected chi connectivity index (χ3v) is 1.75. The molecule has 3 nitrogen and oxygen atoms in total. The Morgan fingerprint density at radius 1 is 1.50 bits per heavy atom. The Morgan fingerprint density at radius 3 is 2.50 bits per heavy atom. The number of hydrogen-bond donors (Lipinski definition) is 3. The number of rotatable bonds is 4. The Balaban J connectivity index is 1.99. The van der Waals surface area contributed by atoms with Crippen LogP contribution >= 0.6 is 0 Å². The van der Waals surface area contributed by atoms with E-state index in [1.807, 2.05) is 0 Å². The standard InChI is InChI=1S/C7H15NO2/c1-5(9)7(10)4-8-6-2-3-6/h5-10H,2-4H2,1H3. The van der Waals surface area contributed by atoms with Crippen LogP contribution in [0.15, 0.2) is 0 Å². The van der Waals surface area contributed by atoms with Gasteiger partial charge >= 0.3 is 0 Å². The second-order valence-corrected chi connectivity index (χ2v) is 2.99. The van der Waals surface area contributed by atoms with Crippen LogP contribution in [0.4, 0.5) is 0 Å². The van der Waals surface area contributed by atoms with Crippen LogP contribution in [0.3, 0.4) is 0 Å². The molecule has 1 aliphatic rings. The molecular weight excluding hydrogens is 130 g/mol. The summed E-state index contributed by atoms with van der Waals surface area (Å²) in [6.45, 7) is 2.11. The molecule has 3 N–H and O–H groups in total. The molecule has 1 fully saturated rings. The van der Waals surface area contributed by atoms with E-state index in [0.717, 1.165) is 0 Å². The molecule has 1 saturated carbocycles. The van der Waals surface area contributed by atoms with Gasteiger partial charge in [-0.2, -0.15) is 0 Å². The summed E-state index contributed by atoms with van der Waals surface area (Å²) in [5, 5.41) is 21.1. The summed E-state index contributed by atoms with van der Waals surface area (Å²) in [6, 6.07) is 0.605. The average Bonchev–Trinajstić information content (AvgIpc) is 2.64. The third-order valence-electron chi connectivity index (χ3n) is 1.75. The maximum absolute atomic E-state index is 9.09. The van der Waals surface area contributed by atoms with Gasteiger partial charge in [0.05, 0.1) is 12.2 Å². The van der Waals surface area contributed by atoms with Crippen molar-refractivity contribution in [3.05, 3.63) is 0 Å². The number of nitrogens with one attached hydrogen (secondary N) is 1. The van der Waals surface area contributed by atoms with Gasteiger partial charge in [0.25, 0.3) is 0 Å². The van der Waals surface area contributed by atoms with Crippen LogP contribution in [0.1, 0.15) is 19.8 Å². The number of hydrogen-bond acceptors (Lipinski definition) is 3. The molecule has 0 saturated heterocycles. The highest BCUT2D eigenvalue weighted by Crippen LogP contribution is 2.18. The summed E-state index contributed by atoms with van der Waals surface area (Å²) in [4.78, 5) is 0. The van der Waals surface area contributed by atoms with E-state index >= 15 is 0 Å². The summed E-state index contributed by atoms with van der Waals surface area (Å²) < 4.78 is 0. The van der Waals surface area contributed by atoms with E-state index in [-0.39, 0.29) is 0 Å². The molecule has 2 unspecified atom stereocenters. The summed E-state index contributed by atoms with van der Waals surface area (Å²) in [5.74, 6) is 0. The molecule has 0 spiro atoms. The maximum atomic E-state index is 9.09. The smallest absolute Gasteiger partial charge is 0.0920 e. The minimum Gasteiger partial charge on any atom is -0.391 e. The zero-order valence-electron chi connectivity index (χ0n) is 6.25. The molecule has 0 radical (unpaired) electrons. The molecule has 10 heavy (non-hydrogen) atoms. The van der Waals surface area contributed by atoms with Gasteiger partial charge in [0.1, 0.15) is 0 Å². The molecule has 0 aromatic heterocycles. The van der Waals surface area contributed by atoms with Crippen LogP contribution in [-0.4, -0.2) is 35.0 Å². The molecule has 0 heterocycles. The van der Waals surface area contributed by atoms with Crippen LogP contribution in [-0.2, 0) is 0 Å². The minimum absolute atomic E-state index is 0.516. The zero-order chi connectivity index (χ0) is 7.56. The Hall–Kier alpha value is -0.120. The van der Waals surface area contributed by atoms with E-state index in [2.05, 4.69) is 5.32 Å². The maximum Gasteiger partial charge on any atom is 0.0920 e. The van der Waals surface area contributed by atoms with Crippen LogP contribution < -0.4 is 5.32 Å². The fraction of sp³-hybridized carbons (Fsp3) is 1.00. The third kappa shape index (κ3) is 2.64. The van der Waals surface area contributed by atoms with Gasteiger partial charge in [-0.05, 0) is 19.8 Å². The molecule has 0 aromatic carbocycles. The van der Waals surface area contributed by atoms with Crippen LogP contribution in [0.5, 0.6) is 0 Å². The summed E-state index contributed by atoms with van der Waals surface area (Å²) in [5.41, 5.74) is 0. The molecule has 2 atom stereocenters. The van der Waals surface area contributed by atoms with Gasteiger partial charge < -0.3 is 15.5 Å². The van der Waals surface area contributed by atoms with Crippen molar-refractivity contribution in [2.75, 3.05) is 6.54 Å². The molecular formula is C7H15NO2.